The Labute approximate surface area is 232 Å². The third kappa shape index (κ3) is 6.37. The van der Waals surface area contributed by atoms with Gasteiger partial charge in [-0.05, 0) is 94.0 Å². The van der Waals surface area contributed by atoms with Crippen LogP contribution in [-0.2, 0) is 0 Å². The maximum Gasteiger partial charge on any atom is 0.257 e. The van der Waals surface area contributed by atoms with Gasteiger partial charge in [-0.3, -0.25) is 10.1 Å². The number of fused-ring (bicyclic) bond motifs is 1. The fourth-order valence-electron chi connectivity index (χ4n) is 3.88. The number of hydrogen-bond donors (Lipinski definition) is 2. The van der Waals surface area contributed by atoms with E-state index in [1.54, 1.807) is 24.0 Å². The first-order valence-corrected chi connectivity index (χ1v) is 13.0. The summed E-state index contributed by atoms with van der Waals surface area (Å²) in [4.78, 5) is 14.7. The number of carbonyl (C=O) groups excluding carboxylic acids is 1. The molecule has 4 aromatic rings. The zero-order valence-corrected chi connectivity index (χ0v) is 23.3. The lowest BCUT2D eigenvalue weighted by molar-refractivity contribution is 0.0976. The molecule has 0 aliphatic carbocycles. The van der Waals surface area contributed by atoms with Gasteiger partial charge in [-0.2, -0.15) is 4.80 Å². The quantitative estimate of drug-likeness (QED) is 0.262. The molecule has 1 heterocycles. The van der Waals surface area contributed by atoms with Crippen LogP contribution in [0.15, 0.2) is 48.5 Å². The summed E-state index contributed by atoms with van der Waals surface area (Å²) in [6.45, 7) is 8.75. The van der Waals surface area contributed by atoms with Crippen LogP contribution < -0.4 is 29.6 Å². The Hall–Kier alpha value is -4.38. The average molecular weight is 550 g/mol. The van der Waals surface area contributed by atoms with Crippen molar-refractivity contribution < 1.29 is 23.7 Å². The number of thiocarbonyl (C=S) groups is 1. The molecule has 1 aromatic heterocycles. The second-order valence-electron chi connectivity index (χ2n) is 8.35. The first-order chi connectivity index (χ1) is 18.9. The van der Waals surface area contributed by atoms with E-state index < -0.39 is 5.91 Å². The van der Waals surface area contributed by atoms with Crippen LogP contribution in [0.2, 0.25) is 0 Å². The van der Waals surface area contributed by atoms with Crippen molar-refractivity contribution in [1.29, 1.82) is 0 Å². The van der Waals surface area contributed by atoms with Crippen LogP contribution in [-0.4, -0.2) is 52.9 Å². The van der Waals surface area contributed by atoms with Crippen LogP contribution >= 0.6 is 12.2 Å². The average Bonchev–Trinajstić information content (AvgIpc) is 3.33. The van der Waals surface area contributed by atoms with E-state index in [4.69, 9.17) is 31.2 Å². The van der Waals surface area contributed by atoms with Gasteiger partial charge in [0.15, 0.2) is 16.6 Å². The van der Waals surface area contributed by atoms with Gasteiger partial charge < -0.3 is 24.3 Å². The highest BCUT2D eigenvalue weighted by atomic mass is 32.1. The van der Waals surface area contributed by atoms with Crippen molar-refractivity contribution in [3.05, 3.63) is 59.7 Å². The summed E-state index contributed by atoms with van der Waals surface area (Å²) in [6.07, 6.45) is 0. The lowest BCUT2D eigenvalue weighted by atomic mass is 10.1. The van der Waals surface area contributed by atoms with Crippen molar-refractivity contribution in [3.63, 3.8) is 0 Å². The van der Waals surface area contributed by atoms with Crippen LogP contribution in [0.25, 0.3) is 16.7 Å². The molecule has 11 heteroatoms. The van der Waals surface area contributed by atoms with Crippen LogP contribution in [0.1, 0.15) is 36.7 Å². The number of aromatic nitrogens is 3. The molecule has 4 rings (SSSR count). The molecule has 10 nitrogen and oxygen atoms in total. The van der Waals surface area contributed by atoms with E-state index in [1.165, 1.54) is 0 Å². The Balaban J connectivity index is 1.52. The SMILES string of the molecule is CCOc1cc(C(=O)NC(=S)Nc2cc3nn(-c4ccc(OC)cc4)nc3cc2C)cc(OCC)c1OCC. The number of anilines is 1. The summed E-state index contributed by atoms with van der Waals surface area (Å²) in [5.41, 5.74) is 4.11. The van der Waals surface area contributed by atoms with Gasteiger partial charge in [0.25, 0.3) is 5.91 Å². The number of ether oxygens (including phenoxy) is 4. The highest BCUT2D eigenvalue weighted by Gasteiger charge is 2.19. The standard InChI is InChI=1S/C28H31N5O5S/c1-6-36-24-14-18(15-25(37-7-2)26(24)38-8-3)27(34)30-28(39)29-21-16-23-22(13-17(21)4)31-33(32-23)19-9-11-20(35-5)12-10-19/h9-16H,6-8H2,1-5H3,(H2,29,30,34,39). The Kier molecular flexibility index (Phi) is 8.82. The number of aryl methyl sites for hydroxylation is 1. The number of rotatable bonds is 10. The van der Waals surface area contributed by atoms with Gasteiger partial charge in [0.1, 0.15) is 16.8 Å². The summed E-state index contributed by atoms with van der Waals surface area (Å²) in [7, 11) is 1.62. The number of amides is 1. The topological polar surface area (TPSA) is 109 Å². The Morgan fingerprint density at radius 3 is 2.05 bits per heavy atom. The van der Waals surface area contributed by atoms with Crippen LogP contribution in [0.4, 0.5) is 5.69 Å². The third-order valence-corrected chi connectivity index (χ3v) is 5.88. The van der Waals surface area contributed by atoms with E-state index in [2.05, 4.69) is 20.8 Å². The highest BCUT2D eigenvalue weighted by Crippen LogP contribution is 2.39. The molecule has 1 amide bonds. The monoisotopic (exact) mass is 549 g/mol. The summed E-state index contributed by atoms with van der Waals surface area (Å²) in [6, 6.07) is 14.4. The van der Waals surface area contributed by atoms with Gasteiger partial charge in [0.2, 0.25) is 5.75 Å². The fraction of sp³-hybridized carbons (Fsp3) is 0.286. The van der Waals surface area contributed by atoms with Crippen molar-refractivity contribution in [3.8, 4) is 28.7 Å². The van der Waals surface area contributed by atoms with Crippen LogP contribution in [0, 0.1) is 6.92 Å². The molecule has 0 fully saturated rings. The lowest BCUT2D eigenvalue weighted by Crippen LogP contribution is -2.34. The third-order valence-electron chi connectivity index (χ3n) is 5.68. The van der Waals surface area contributed by atoms with E-state index in [0.717, 1.165) is 22.5 Å². The number of carbonyl (C=O) groups is 1. The highest BCUT2D eigenvalue weighted by molar-refractivity contribution is 7.80. The number of methoxy groups -OCH3 is 1. The van der Waals surface area contributed by atoms with Gasteiger partial charge in [0, 0.05) is 11.3 Å². The smallest absolute Gasteiger partial charge is 0.257 e. The molecule has 204 valence electrons. The zero-order chi connectivity index (χ0) is 27.9. The van der Waals surface area contributed by atoms with E-state index in [9.17, 15) is 4.79 Å². The van der Waals surface area contributed by atoms with E-state index in [-0.39, 0.29) is 5.11 Å². The number of nitrogens with zero attached hydrogens (tertiary/aromatic N) is 3. The molecule has 0 unspecified atom stereocenters. The fourth-order valence-corrected chi connectivity index (χ4v) is 4.08. The first kappa shape index (κ1) is 27.6. The largest absolute Gasteiger partial charge is 0.497 e. The molecule has 2 N–H and O–H groups in total. The molecule has 0 radical (unpaired) electrons. The van der Waals surface area contributed by atoms with Gasteiger partial charge >= 0.3 is 0 Å². The first-order valence-electron chi connectivity index (χ1n) is 12.6. The molecule has 0 spiro atoms. The predicted octanol–water partition coefficient (Wildman–Crippen LogP) is 5.06. The molecular weight excluding hydrogens is 518 g/mol. The minimum atomic E-state index is -0.415. The molecule has 0 aliphatic rings. The zero-order valence-electron chi connectivity index (χ0n) is 22.5. The number of hydrogen-bond acceptors (Lipinski definition) is 8. The molecule has 0 aliphatic heterocycles. The number of benzene rings is 3. The normalized spacial score (nSPS) is 10.7. The Morgan fingerprint density at radius 1 is 0.897 bits per heavy atom. The van der Waals surface area contributed by atoms with E-state index in [0.29, 0.717) is 53.8 Å². The maximum absolute atomic E-state index is 13.1. The van der Waals surface area contributed by atoms with Crippen molar-refractivity contribution in [2.24, 2.45) is 0 Å². The van der Waals surface area contributed by atoms with E-state index >= 15 is 0 Å². The second kappa shape index (κ2) is 12.4. The second-order valence-corrected chi connectivity index (χ2v) is 8.76. The molecule has 3 aromatic carbocycles. The van der Waals surface area contributed by atoms with Gasteiger partial charge in [-0.15, -0.1) is 10.2 Å². The Bertz CT molecular complexity index is 1460. The maximum atomic E-state index is 13.1. The molecule has 0 saturated heterocycles. The lowest BCUT2D eigenvalue weighted by Gasteiger charge is -2.17. The summed E-state index contributed by atoms with van der Waals surface area (Å²) in [5, 5.41) is 15.1. The molecule has 39 heavy (non-hydrogen) atoms. The number of nitrogens with one attached hydrogen (secondary N) is 2. The molecular formula is C28H31N5O5S. The molecule has 0 atom stereocenters. The van der Waals surface area contributed by atoms with Gasteiger partial charge in [-0.1, -0.05) is 0 Å². The van der Waals surface area contributed by atoms with Crippen LogP contribution in [0.3, 0.4) is 0 Å². The summed E-state index contributed by atoms with van der Waals surface area (Å²) >= 11 is 5.45. The predicted molar refractivity (Wildman–Crippen MR) is 154 cm³/mol. The van der Waals surface area contributed by atoms with Gasteiger partial charge in [-0.25, -0.2) is 0 Å². The minimum absolute atomic E-state index is 0.134. The van der Waals surface area contributed by atoms with Crippen molar-refractivity contribution >= 4 is 40.0 Å². The van der Waals surface area contributed by atoms with Crippen molar-refractivity contribution in [2.45, 2.75) is 27.7 Å². The Morgan fingerprint density at radius 2 is 1.49 bits per heavy atom. The van der Waals surface area contributed by atoms with Gasteiger partial charge in [0.05, 0.1) is 32.6 Å². The van der Waals surface area contributed by atoms with Crippen LogP contribution in [0.5, 0.6) is 23.0 Å². The van der Waals surface area contributed by atoms with Crippen molar-refractivity contribution in [1.82, 2.24) is 20.3 Å². The minimum Gasteiger partial charge on any atom is -0.497 e. The molecule has 0 bridgehead atoms. The van der Waals surface area contributed by atoms with E-state index in [1.807, 2.05) is 64.1 Å². The summed E-state index contributed by atoms with van der Waals surface area (Å²) < 4.78 is 22.4. The van der Waals surface area contributed by atoms with Crippen molar-refractivity contribution in [2.75, 3.05) is 32.2 Å². The molecule has 0 saturated carbocycles. The summed E-state index contributed by atoms with van der Waals surface area (Å²) in [5.74, 6) is 1.65.